The second-order valence-electron chi connectivity index (χ2n) is 13.5. The standard InChI is InChI=1S/C40H40FN3O9/c1-8-19(2)40(49)52-18-29-31-25(37(21(4)39(51-7)35(31)47)53-30(45)14-11-22-9-12-23(41)13-10-22)16-27-33-32-24(34(46)20(3)38(50-6)36(32)48)15-26(43(33)5)28(17-42)44(27)29/h8-14,26-29,33,47H,15-16,18H2,1-7H3/b14-11+,19-8-/t26-,27+,28+,29+,33+/m1/s1. The van der Waals surface area contributed by atoms with Crippen molar-refractivity contribution in [1.29, 1.82) is 5.26 Å². The van der Waals surface area contributed by atoms with Crippen molar-refractivity contribution in [2.75, 3.05) is 27.9 Å². The van der Waals surface area contributed by atoms with Gasteiger partial charge in [0, 0.05) is 57.1 Å². The number of hydrogen-bond acceptors (Lipinski definition) is 12. The molecule has 0 amide bonds. The molecule has 276 valence electrons. The molecule has 12 nitrogen and oxygen atoms in total. The lowest BCUT2D eigenvalue weighted by atomic mass is 9.69. The minimum atomic E-state index is -0.988. The Bertz CT molecular complexity index is 2090. The molecular weight excluding hydrogens is 685 g/mol. The first-order chi connectivity index (χ1) is 25.3. The third-order valence-corrected chi connectivity index (χ3v) is 10.8. The Hall–Kier alpha value is -5.58. The first kappa shape index (κ1) is 37.2. The lowest BCUT2D eigenvalue weighted by molar-refractivity contribution is -0.144. The molecule has 13 heteroatoms. The quantitative estimate of drug-likeness (QED) is 0.175. The number of esters is 2. The lowest BCUT2D eigenvalue weighted by Crippen LogP contribution is -2.72. The van der Waals surface area contributed by atoms with Gasteiger partial charge in [-0.25, -0.2) is 14.0 Å². The largest absolute Gasteiger partial charge is 0.504 e. The summed E-state index contributed by atoms with van der Waals surface area (Å²) in [5.41, 5.74) is 2.57. The number of phenols is 1. The summed E-state index contributed by atoms with van der Waals surface area (Å²) in [6.45, 7) is 6.13. The van der Waals surface area contributed by atoms with Gasteiger partial charge in [-0.1, -0.05) is 18.2 Å². The first-order valence-corrected chi connectivity index (χ1v) is 17.1. The van der Waals surface area contributed by atoms with Gasteiger partial charge in [-0.3, -0.25) is 19.4 Å². The minimum Gasteiger partial charge on any atom is -0.504 e. The van der Waals surface area contributed by atoms with E-state index in [2.05, 4.69) is 6.07 Å². The SMILES string of the molecule is C/C=C(/C)C(=O)OC[C@H]1c2c(O)c(OC)c(C)c(OC(=O)/C=C/c3ccc(F)cc3)c2C[C@H]2[C@H]3C4=C(C[C@H]([C@H](C#N)N12)N3C)C(=O)C(C)=C(OC)C4=O. The van der Waals surface area contributed by atoms with Crippen molar-refractivity contribution in [2.45, 2.75) is 70.7 Å². The maximum absolute atomic E-state index is 14.1. The topological polar surface area (TPSA) is 156 Å². The minimum absolute atomic E-state index is 0.0136. The predicted octanol–water partition coefficient (Wildman–Crippen LogP) is 4.59. The van der Waals surface area contributed by atoms with E-state index in [1.54, 1.807) is 40.8 Å². The van der Waals surface area contributed by atoms with Gasteiger partial charge in [0.1, 0.15) is 24.2 Å². The number of allylic oxidation sites excluding steroid dienone is 3. The maximum atomic E-state index is 14.1. The van der Waals surface area contributed by atoms with E-state index in [1.807, 2.05) is 9.80 Å². The van der Waals surface area contributed by atoms with Crippen molar-refractivity contribution in [2.24, 2.45) is 0 Å². The predicted molar refractivity (Wildman–Crippen MR) is 189 cm³/mol. The maximum Gasteiger partial charge on any atom is 0.336 e. The van der Waals surface area contributed by atoms with Crippen molar-refractivity contribution < 1.29 is 47.6 Å². The highest BCUT2D eigenvalue weighted by atomic mass is 19.1. The van der Waals surface area contributed by atoms with Crippen LogP contribution in [0.15, 0.2) is 64.5 Å². The average Bonchev–Trinajstić information content (AvgIpc) is 3.14. The Kier molecular flexibility index (Phi) is 10.1. The van der Waals surface area contributed by atoms with Gasteiger partial charge in [-0.05, 0) is 71.4 Å². The van der Waals surface area contributed by atoms with Gasteiger partial charge in [0.15, 0.2) is 23.0 Å². The number of phenolic OH excluding ortho intramolecular Hbond substituents is 1. The molecule has 5 atom stereocenters. The van der Waals surface area contributed by atoms with E-state index in [9.17, 15) is 33.9 Å². The molecule has 1 saturated heterocycles. The number of methoxy groups -OCH3 is 2. The number of nitriles is 1. The number of Topliss-reactive ketones (excluding diaryl/α,β-unsaturated/α-hetero) is 2. The molecule has 0 spiro atoms. The van der Waals surface area contributed by atoms with E-state index in [-0.39, 0.29) is 64.9 Å². The zero-order valence-corrected chi connectivity index (χ0v) is 30.5. The van der Waals surface area contributed by atoms with E-state index in [1.165, 1.54) is 50.6 Å². The Morgan fingerprint density at radius 2 is 1.75 bits per heavy atom. The molecule has 6 rings (SSSR count). The van der Waals surface area contributed by atoms with Gasteiger partial charge in [0.25, 0.3) is 0 Å². The van der Waals surface area contributed by atoms with Crippen molar-refractivity contribution in [3.8, 4) is 23.3 Å². The molecule has 3 aliphatic heterocycles. The summed E-state index contributed by atoms with van der Waals surface area (Å²) in [6.07, 6.45) is 4.39. The third-order valence-electron chi connectivity index (χ3n) is 10.8. The van der Waals surface area contributed by atoms with Crippen LogP contribution in [0.5, 0.6) is 17.2 Å². The first-order valence-electron chi connectivity index (χ1n) is 17.1. The third kappa shape index (κ3) is 6.11. The van der Waals surface area contributed by atoms with Crippen LogP contribution >= 0.6 is 0 Å². The number of piperazine rings is 1. The van der Waals surface area contributed by atoms with Crippen molar-refractivity contribution in [1.82, 2.24) is 9.80 Å². The second-order valence-corrected chi connectivity index (χ2v) is 13.5. The van der Waals surface area contributed by atoms with E-state index < -0.39 is 53.7 Å². The van der Waals surface area contributed by atoms with Crippen LogP contribution in [0.2, 0.25) is 0 Å². The summed E-state index contributed by atoms with van der Waals surface area (Å²) >= 11 is 0. The fourth-order valence-corrected chi connectivity index (χ4v) is 8.20. The summed E-state index contributed by atoms with van der Waals surface area (Å²) in [5, 5.41) is 22.7. The number of aromatic hydroxyl groups is 1. The molecule has 2 bridgehead atoms. The fraction of sp³-hybridized carbons (Fsp3) is 0.375. The van der Waals surface area contributed by atoms with Gasteiger partial charge in [-0.2, -0.15) is 5.26 Å². The zero-order chi connectivity index (χ0) is 38.5. The second kappa shape index (κ2) is 14.4. The molecular formula is C40H40FN3O9. The molecule has 1 fully saturated rings. The highest BCUT2D eigenvalue weighted by Gasteiger charge is 2.59. The number of likely N-dealkylation sites (N-methyl/N-ethyl adjacent to an activating group) is 1. The Morgan fingerprint density at radius 1 is 1.06 bits per heavy atom. The monoisotopic (exact) mass is 725 g/mol. The van der Waals surface area contributed by atoms with Crippen LogP contribution in [-0.4, -0.2) is 90.5 Å². The van der Waals surface area contributed by atoms with Crippen LogP contribution in [0, 0.1) is 24.1 Å². The Morgan fingerprint density at radius 3 is 2.38 bits per heavy atom. The molecule has 4 aliphatic rings. The zero-order valence-electron chi connectivity index (χ0n) is 30.5. The van der Waals surface area contributed by atoms with Crippen molar-refractivity contribution >= 4 is 29.6 Å². The molecule has 0 unspecified atom stereocenters. The number of ether oxygens (including phenoxy) is 4. The molecule has 1 N–H and O–H groups in total. The van der Waals surface area contributed by atoms with E-state index in [4.69, 9.17) is 18.9 Å². The number of carbonyl (C=O) groups is 4. The summed E-state index contributed by atoms with van der Waals surface area (Å²) in [4.78, 5) is 58.2. The normalized spacial score (nSPS) is 24.4. The molecule has 53 heavy (non-hydrogen) atoms. The van der Waals surface area contributed by atoms with Crippen molar-refractivity contribution in [3.05, 3.63) is 92.5 Å². The lowest BCUT2D eigenvalue weighted by Gasteiger charge is -2.60. The molecule has 1 aliphatic carbocycles. The Balaban J connectivity index is 1.54. The van der Waals surface area contributed by atoms with Crippen LogP contribution < -0.4 is 9.47 Å². The summed E-state index contributed by atoms with van der Waals surface area (Å²) in [5.74, 6) is -2.83. The number of benzene rings is 2. The highest BCUT2D eigenvalue weighted by Crippen LogP contribution is 2.55. The summed E-state index contributed by atoms with van der Waals surface area (Å²) in [7, 11) is 4.49. The van der Waals surface area contributed by atoms with Gasteiger partial charge in [0.2, 0.25) is 5.78 Å². The molecule has 2 aromatic carbocycles. The highest BCUT2D eigenvalue weighted by molar-refractivity contribution is 6.25. The molecule has 0 aromatic heterocycles. The molecule has 0 saturated carbocycles. The van der Waals surface area contributed by atoms with E-state index in [0.29, 0.717) is 27.8 Å². The summed E-state index contributed by atoms with van der Waals surface area (Å²) in [6, 6.07) is 4.01. The van der Waals surface area contributed by atoms with Crippen LogP contribution in [0.25, 0.3) is 6.08 Å². The fourth-order valence-electron chi connectivity index (χ4n) is 8.20. The number of rotatable bonds is 8. The Labute approximate surface area is 306 Å². The summed E-state index contributed by atoms with van der Waals surface area (Å²) < 4.78 is 36.4. The molecule has 2 aromatic rings. The van der Waals surface area contributed by atoms with Gasteiger partial charge in [-0.15, -0.1) is 0 Å². The number of ketones is 2. The number of nitrogens with zero attached hydrogens (tertiary/aromatic N) is 3. The van der Waals surface area contributed by atoms with E-state index in [0.717, 1.165) is 0 Å². The van der Waals surface area contributed by atoms with E-state index >= 15 is 0 Å². The van der Waals surface area contributed by atoms with Crippen LogP contribution in [-0.2, 0) is 35.1 Å². The van der Waals surface area contributed by atoms with Gasteiger partial charge < -0.3 is 24.1 Å². The van der Waals surface area contributed by atoms with Crippen LogP contribution in [0.1, 0.15) is 55.5 Å². The van der Waals surface area contributed by atoms with Crippen molar-refractivity contribution in [3.63, 3.8) is 0 Å². The average molecular weight is 726 g/mol. The van der Waals surface area contributed by atoms with Crippen LogP contribution in [0.4, 0.5) is 4.39 Å². The van der Waals surface area contributed by atoms with Gasteiger partial charge in [0.05, 0.1) is 32.4 Å². The number of hydrogen-bond donors (Lipinski definition) is 1. The number of fused-ring (bicyclic) bond motifs is 6. The molecule has 0 radical (unpaired) electrons. The smallest absolute Gasteiger partial charge is 0.336 e. The van der Waals surface area contributed by atoms with Gasteiger partial charge >= 0.3 is 11.9 Å². The van der Waals surface area contributed by atoms with Crippen LogP contribution in [0.3, 0.4) is 0 Å². The number of halogens is 1. The number of carbonyl (C=O) groups excluding carboxylic acids is 4. The molecule has 3 heterocycles.